The van der Waals surface area contributed by atoms with E-state index in [9.17, 15) is 13.4 Å². The van der Waals surface area contributed by atoms with Gasteiger partial charge in [0.15, 0.2) is 14.9 Å². The van der Waals surface area contributed by atoms with Gasteiger partial charge in [-0.25, -0.2) is 22.9 Å². The molecule has 0 radical (unpaired) electrons. The molecule has 1 aliphatic rings. The zero-order chi connectivity index (χ0) is 23.8. The number of carbonyl (C=O) groups excluding carboxylic acids is 1. The van der Waals surface area contributed by atoms with E-state index in [1.807, 2.05) is 34.6 Å². The molecule has 3 N–H and O–H groups in total. The Morgan fingerprint density at radius 2 is 1.69 bits per heavy atom. The number of anilines is 1. The fraction of sp³-hybridized carbons (Fsp3) is 0.545. The number of halogens is 1. The number of nitrogens with zero attached hydrogens (tertiary/aromatic N) is 3. The van der Waals surface area contributed by atoms with Crippen molar-refractivity contribution in [3.05, 3.63) is 40.8 Å². The van der Waals surface area contributed by atoms with Crippen LogP contribution in [-0.4, -0.2) is 38.0 Å². The Hall–Kier alpha value is -2.46. The third-order valence-corrected chi connectivity index (χ3v) is 7.20. The Morgan fingerprint density at radius 1 is 1.12 bits per heavy atom. The first-order chi connectivity index (χ1) is 14.9. The molecule has 8 nitrogen and oxygen atoms in total. The van der Waals surface area contributed by atoms with Crippen LogP contribution in [0.5, 0.6) is 0 Å². The second-order valence-electron chi connectivity index (χ2n) is 8.98. The van der Waals surface area contributed by atoms with Gasteiger partial charge < -0.3 is 5.32 Å². The normalized spacial score (nSPS) is 17.2. The smallest absolute Gasteiger partial charge is 0.307 e. The lowest BCUT2D eigenvalue weighted by Crippen LogP contribution is -2.39. The van der Waals surface area contributed by atoms with Gasteiger partial charge in [0.25, 0.3) is 0 Å². The maximum Gasteiger partial charge on any atom is 0.332 e. The molecule has 1 aliphatic heterocycles. The first-order valence-electron chi connectivity index (χ1n) is 10.9. The summed E-state index contributed by atoms with van der Waals surface area (Å²) >= 11 is 0. The SMILES string of the molecule is CC(C)c1cc(F)cc(C(C)C)c1NC(=O)NS(=N)(=O)c1cc(C(C)N2CCC2)n(C)n1. The van der Waals surface area contributed by atoms with E-state index in [0.29, 0.717) is 16.8 Å². The van der Waals surface area contributed by atoms with Crippen molar-refractivity contribution in [3.63, 3.8) is 0 Å². The zero-order valence-electron chi connectivity index (χ0n) is 19.5. The van der Waals surface area contributed by atoms with Crippen LogP contribution in [0.2, 0.25) is 0 Å². The zero-order valence-corrected chi connectivity index (χ0v) is 20.3. The molecule has 32 heavy (non-hydrogen) atoms. The minimum Gasteiger partial charge on any atom is -0.307 e. The number of likely N-dealkylation sites (tertiary alicyclic amines) is 1. The van der Waals surface area contributed by atoms with E-state index in [2.05, 4.69) is 20.0 Å². The van der Waals surface area contributed by atoms with Crippen LogP contribution < -0.4 is 10.0 Å². The number of nitrogens with one attached hydrogen (secondary N) is 3. The highest BCUT2D eigenvalue weighted by Gasteiger charge is 2.27. The van der Waals surface area contributed by atoms with Gasteiger partial charge in [-0.1, -0.05) is 27.7 Å². The van der Waals surface area contributed by atoms with Gasteiger partial charge in [0.2, 0.25) is 0 Å². The fourth-order valence-electron chi connectivity index (χ4n) is 3.93. The summed E-state index contributed by atoms with van der Waals surface area (Å²) in [5, 5.41) is 6.96. The number of hydrogen-bond acceptors (Lipinski definition) is 5. The maximum absolute atomic E-state index is 14.1. The van der Waals surface area contributed by atoms with Crippen molar-refractivity contribution in [2.75, 3.05) is 18.4 Å². The Labute approximate surface area is 189 Å². The molecular formula is C22H33FN6O2S. The van der Waals surface area contributed by atoms with Gasteiger partial charge in [-0.15, -0.1) is 0 Å². The summed E-state index contributed by atoms with van der Waals surface area (Å²) < 4.78 is 39.4. The van der Waals surface area contributed by atoms with Crippen LogP contribution in [0.25, 0.3) is 0 Å². The van der Waals surface area contributed by atoms with E-state index in [4.69, 9.17) is 4.78 Å². The molecule has 2 unspecified atom stereocenters. The molecule has 1 saturated heterocycles. The highest BCUT2D eigenvalue weighted by atomic mass is 32.2. The standard InChI is InChI=1S/C22H33FN6O2S/c1-13(2)17-10-16(23)11-18(14(3)4)21(17)25-22(30)27-32(24,31)20-12-19(28(6)26-20)15(5)29-8-7-9-29/h10-15H,7-9H2,1-6H3,(H3,24,25,27,30,31). The van der Waals surface area contributed by atoms with Gasteiger partial charge in [-0.2, -0.15) is 5.10 Å². The minimum atomic E-state index is -3.69. The van der Waals surface area contributed by atoms with Crippen LogP contribution in [0, 0.1) is 10.6 Å². The number of benzene rings is 1. The average molecular weight is 465 g/mol. The molecule has 1 aromatic carbocycles. The van der Waals surface area contributed by atoms with Crippen LogP contribution in [0.3, 0.4) is 0 Å². The van der Waals surface area contributed by atoms with Gasteiger partial charge in [0.1, 0.15) is 5.82 Å². The molecule has 2 heterocycles. The third kappa shape index (κ3) is 4.96. The Kier molecular flexibility index (Phi) is 6.94. The van der Waals surface area contributed by atoms with Gasteiger partial charge in [-0.05, 0) is 48.4 Å². The molecule has 1 aromatic heterocycles. The Balaban J connectivity index is 1.84. The predicted molar refractivity (Wildman–Crippen MR) is 124 cm³/mol. The monoisotopic (exact) mass is 464 g/mol. The quantitative estimate of drug-likeness (QED) is 0.552. The summed E-state index contributed by atoms with van der Waals surface area (Å²) in [4.78, 5) is 15.0. The number of aromatic nitrogens is 2. The molecular weight excluding hydrogens is 431 g/mol. The minimum absolute atomic E-state index is 0.00444. The molecule has 176 valence electrons. The number of urea groups is 1. The first kappa shape index (κ1) is 24.2. The Bertz CT molecular complexity index is 1080. The lowest BCUT2D eigenvalue weighted by Gasteiger charge is -2.36. The van der Waals surface area contributed by atoms with E-state index in [0.717, 1.165) is 25.2 Å². The van der Waals surface area contributed by atoms with Gasteiger partial charge in [-0.3, -0.25) is 9.58 Å². The lowest BCUT2D eigenvalue weighted by molar-refractivity contribution is 0.123. The lowest BCUT2D eigenvalue weighted by atomic mass is 9.92. The van der Waals surface area contributed by atoms with Crippen molar-refractivity contribution >= 4 is 21.6 Å². The fourth-order valence-corrected chi connectivity index (χ4v) is 4.87. The van der Waals surface area contributed by atoms with Crippen molar-refractivity contribution in [1.82, 2.24) is 19.4 Å². The number of amides is 2. The van der Waals surface area contributed by atoms with Crippen molar-refractivity contribution in [2.45, 2.75) is 63.9 Å². The van der Waals surface area contributed by atoms with E-state index >= 15 is 0 Å². The number of hydrogen-bond donors (Lipinski definition) is 3. The molecule has 0 bridgehead atoms. The predicted octanol–water partition coefficient (Wildman–Crippen LogP) is 4.72. The molecule has 0 saturated carbocycles. The molecule has 0 spiro atoms. The van der Waals surface area contributed by atoms with Gasteiger partial charge >= 0.3 is 6.03 Å². The number of carbonyl (C=O) groups is 1. The second kappa shape index (κ2) is 9.19. The summed E-state index contributed by atoms with van der Waals surface area (Å²) in [7, 11) is -1.95. The summed E-state index contributed by atoms with van der Waals surface area (Å²) in [6, 6.07) is 3.71. The van der Waals surface area contributed by atoms with Gasteiger partial charge in [0, 0.05) is 37.9 Å². The molecule has 10 heteroatoms. The van der Waals surface area contributed by atoms with Crippen molar-refractivity contribution in [1.29, 1.82) is 4.78 Å². The Morgan fingerprint density at radius 3 is 2.16 bits per heavy atom. The van der Waals surface area contributed by atoms with Crippen molar-refractivity contribution < 1.29 is 13.4 Å². The van der Waals surface area contributed by atoms with Crippen molar-refractivity contribution in [2.24, 2.45) is 7.05 Å². The molecule has 3 rings (SSSR count). The topological polar surface area (TPSA) is 103 Å². The largest absolute Gasteiger partial charge is 0.332 e. The van der Waals surface area contributed by atoms with Crippen LogP contribution in [0.15, 0.2) is 23.2 Å². The first-order valence-corrected chi connectivity index (χ1v) is 12.5. The van der Waals surface area contributed by atoms with E-state index in [1.165, 1.54) is 12.1 Å². The maximum atomic E-state index is 14.1. The van der Waals surface area contributed by atoms with E-state index < -0.39 is 15.9 Å². The van der Waals surface area contributed by atoms with Crippen LogP contribution >= 0.6 is 0 Å². The van der Waals surface area contributed by atoms with Crippen LogP contribution in [-0.2, 0) is 17.0 Å². The third-order valence-electron chi connectivity index (χ3n) is 5.94. The van der Waals surface area contributed by atoms with Crippen molar-refractivity contribution in [3.8, 4) is 0 Å². The highest BCUT2D eigenvalue weighted by Crippen LogP contribution is 2.33. The molecule has 0 aliphatic carbocycles. The average Bonchev–Trinajstić information content (AvgIpc) is 3.03. The van der Waals surface area contributed by atoms with E-state index in [-0.39, 0.29) is 28.7 Å². The molecule has 2 amide bonds. The summed E-state index contributed by atoms with van der Waals surface area (Å²) in [5.74, 6) is -0.453. The number of rotatable bonds is 7. The molecule has 2 aromatic rings. The number of aryl methyl sites for hydroxylation is 1. The van der Waals surface area contributed by atoms with E-state index in [1.54, 1.807) is 17.8 Å². The van der Waals surface area contributed by atoms with Gasteiger partial charge in [0.05, 0.1) is 5.69 Å². The van der Waals surface area contributed by atoms with Crippen LogP contribution in [0.1, 0.15) is 75.7 Å². The molecule has 2 atom stereocenters. The highest BCUT2D eigenvalue weighted by molar-refractivity contribution is 7.91. The summed E-state index contributed by atoms with van der Waals surface area (Å²) in [5.41, 5.74) is 2.61. The summed E-state index contributed by atoms with van der Waals surface area (Å²) in [6.45, 7) is 11.7. The van der Waals surface area contributed by atoms with Crippen LogP contribution in [0.4, 0.5) is 14.9 Å². The second-order valence-corrected chi connectivity index (χ2v) is 10.7. The summed E-state index contributed by atoms with van der Waals surface area (Å²) in [6.07, 6.45) is 1.14. The molecule has 1 fully saturated rings.